The monoisotopic (exact) mass is 463 g/mol. The molecule has 4 aromatic rings. The molecule has 0 atom stereocenters. The van der Waals surface area contributed by atoms with Crippen LogP contribution in [0.2, 0.25) is 0 Å². The van der Waals surface area contributed by atoms with Crippen molar-refractivity contribution in [2.45, 2.75) is 26.9 Å². The number of aromatic nitrogens is 3. The minimum atomic E-state index is -0.464. The van der Waals surface area contributed by atoms with Crippen molar-refractivity contribution in [3.8, 4) is 11.4 Å². The second-order valence-electron chi connectivity index (χ2n) is 7.42. The molecule has 2 aromatic carbocycles. The molecule has 1 N–H and O–H groups in total. The number of carbonyl (C=O) groups is 1. The molecule has 33 heavy (non-hydrogen) atoms. The molecular weight excluding hydrogens is 442 g/mol. The van der Waals surface area contributed by atoms with E-state index in [0.29, 0.717) is 29.5 Å². The van der Waals surface area contributed by atoms with Gasteiger partial charge in [0.15, 0.2) is 0 Å². The van der Waals surface area contributed by atoms with Gasteiger partial charge in [-0.25, -0.2) is 9.67 Å². The Balaban J connectivity index is 1.38. The van der Waals surface area contributed by atoms with Gasteiger partial charge >= 0.3 is 0 Å². The van der Waals surface area contributed by atoms with Crippen LogP contribution in [0.25, 0.3) is 5.69 Å². The van der Waals surface area contributed by atoms with Crippen molar-refractivity contribution in [3.05, 3.63) is 92.1 Å². The lowest BCUT2D eigenvalue weighted by Crippen LogP contribution is -2.17. The molecule has 0 bridgehead atoms. The number of rotatable bonds is 8. The molecule has 168 valence electrons. The Labute approximate surface area is 193 Å². The highest BCUT2D eigenvalue weighted by Gasteiger charge is 2.14. The van der Waals surface area contributed by atoms with E-state index in [2.05, 4.69) is 15.4 Å². The lowest BCUT2D eigenvalue weighted by molar-refractivity contribution is -0.384. The van der Waals surface area contributed by atoms with Gasteiger partial charge in [0.1, 0.15) is 23.2 Å². The normalized spacial score (nSPS) is 10.7. The number of benzene rings is 2. The summed E-state index contributed by atoms with van der Waals surface area (Å²) >= 11 is 1.44. The van der Waals surface area contributed by atoms with E-state index < -0.39 is 4.92 Å². The van der Waals surface area contributed by atoms with Gasteiger partial charge in [-0.05, 0) is 38.1 Å². The van der Waals surface area contributed by atoms with E-state index in [1.165, 1.54) is 23.5 Å². The van der Waals surface area contributed by atoms with E-state index in [0.717, 1.165) is 16.3 Å². The van der Waals surface area contributed by atoms with Crippen molar-refractivity contribution in [3.63, 3.8) is 0 Å². The number of aryl methyl sites for hydroxylation is 2. The summed E-state index contributed by atoms with van der Waals surface area (Å²) in [5.41, 5.74) is 3.10. The van der Waals surface area contributed by atoms with E-state index in [9.17, 15) is 14.9 Å². The molecule has 0 saturated heterocycles. The molecule has 9 nitrogen and oxygen atoms in total. The standard InChI is InChI=1S/C23H21N5O4S/c1-15-3-9-20(10-4-15)32-13-23-24-17(14-33-23)12-22(29)25-21-11-16(2)26-27(21)18-5-7-19(8-6-18)28(30)31/h3-11,14H,12-13H2,1-2H3,(H,25,29). The van der Waals surface area contributed by atoms with Crippen LogP contribution in [-0.4, -0.2) is 25.6 Å². The molecule has 0 unspecified atom stereocenters. The van der Waals surface area contributed by atoms with Gasteiger partial charge in [-0.2, -0.15) is 5.10 Å². The fourth-order valence-electron chi connectivity index (χ4n) is 3.13. The van der Waals surface area contributed by atoms with E-state index in [-0.39, 0.29) is 18.0 Å². The SMILES string of the molecule is Cc1ccc(OCc2nc(CC(=O)Nc3cc(C)nn3-c3ccc([N+](=O)[O-])cc3)cs2)cc1. The topological polar surface area (TPSA) is 112 Å². The number of non-ortho nitro benzene ring substituents is 1. The molecule has 10 heteroatoms. The van der Waals surface area contributed by atoms with Crippen LogP contribution in [0.15, 0.2) is 60.0 Å². The summed E-state index contributed by atoms with van der Waals surface area (Å²) < 4.78 is 7.29. The average Bonchev–Trinajstić information content (AvgIpc) is 3.39. The zero-order valence-electron chi connectivity index (χ0n) is 18.0. The van der Waals surface area contributed by atoms with E-state index >= 15 is 0 Å². The molecular formula is C23H21N5O4S. The minimum Gasteiger partial charge on any atom is -0.486 e. The number of anilines is 1. The highest BCUT2D eigenvalue weighted by Crippen LogP contribution is 2.21. The summed E-state index contributed by atoms with van der Waals surface area (Å²) in [6.07, 6.45) is 0.103. The summed E-state index contributed by atoms with van der Waals surface area (Å²) in [6.45, 7) is 4.15. The third kappa shape index (κ3) is 5.60. The number of nitrogens with one attached hydrogen (secondary N) is 1. The van der Waals surface area contributed by atoms with Crippen molar-refractivity contribution < 1.29 is 14.5 Å². The van der Waals surface area contributed by atoms with Gasteiger partial charge in [0.2, 0.25) is 5.91 Å². The number of nitrogens with zero attached hydrogens (tertiary/aromatic N) is 4. The number of carbonyl (C=O) groups excluding carboxylic acids is 1. The zero-order chi connectivity index (χ0) is 23.4. The maximum Gasteiger partial charge on any atom is 0.269 e. The van der Waals surface area contributed by atoms with Crippen molar-refractivity contribution in [2.24, 2.45) is 0 Å². The first-order valence-electron chi connectivity index (χ1n) is 10.1. The molecule has 1 amide bonds. The van der Waals surface area contributed by atoms with Gasteiger partial charge in [0.05, 0.1) is 28.4 Å². The van der Waals surface area contributed by atoms with Crippen LogP contribution in [-0.2, 0) is 17.8 Å². The Kier molecular flexibility index (Phi) is 6.45. The van der Waals surface area contributed by atoms with Crippen LogP contribution in [0.4, 0.5) is 11.5 Å². The van der Waals surface area contributed by atoms with Gasteiger partial charge in [0.25, 0.3) is 5.69 Å². The molecule has 0 radical (unpaired) electrons. The molecule has 4 rings (SSSR count). The maximum absolute atomic E-state index is 12.6. The maximum atomic E-state index is 12.6. The Morgan fingerprint density at radius 1 is 1.15 bits per heavy atom. The number of amides is 1. The average molecular weight is 464 g/mol. The van der Waals surface area contributed by atoms with E-state index in [1.807, 2.05) is 36.6 Å². The molecule has 0 aliphatic carbocycles. The Hall–Kier alpha value is -4.05. The lowest BCUT2D eigenvalue weighted by atomic mass is 10.2. The third-order valence-corrected chi connectivity index (χ3v) is 5.60. The molecule has 2 aromatic heterocycles. The highest BCUT2D eigenvalue weighted by molar-refractivity contribution is 7.09. The number of thiazole rings is 1. The predicted molar refractivity (Wildman–Crippen MR) is 125 cm³/mol. The third-order valence-electron chi connectivity index (χ3n) is 4.73. The first-order chi connectivity index (χ1) is 15.9. The van der Waals surface area contributed by atoms with Crippen molar-refractivity contribution in [1.82, 2.24) is 14.8 Å². The number of ether oxygens (including phenoxy) is 1. The summed E-state index contributed by atoms with van der Waals surface area (Å²) in [5.74, 6) is 1.00. The molecule has 0 aliphatic rings. The van der Waals surface area contributed by atoms with E-state index in [4.69, 9.17) is 4.74 Å². The number of nitro groups is 1. The lowest BCUT2D eigenvalue weighted by Gasteiger charge is -2.08. The Morgan fingerprint density at radius 2 is 1.88 bits per heavy atom. The molecule has 0 fully saturated rings. The van der Waals surface area contributed by atoms with Crippen LogP contribution >= 0.6 is 11.3 Å². The largest absolute Gasteiger partial charge is 0.486 e. The Morgan fingerprint density at radius 3 is 2.58 bits per heavy atom. The van der Waals surface area contributed by atoms with Crippen LogP contribution in [0.5, 0.6) is 5.75 Å². The first kappa shape index (κ1) is 22.2. The summed E-state index contributed by atoms with van der Waals surface area (Å²) in [6, 6.07) is 15.5. The van der Waals surface area contributed by atoms with E-state index in [1.54, 1.807) is 29.8 Å². The predicted octanol–water partition coefficient (Wildman–Crippen LogP) is 4.61. The quantitative estimate of drug-likeness (QED) is 0.302. The van der Waals surface area contributed by atoms with Gasteiger partial charge < -0.3 is 10.1 Å². The van der Waals surface area contributed by atoms with Gasteiger partial charge in [-0.3, -0.25) is 14.9 Å². The van der Waals surface area contributed by atoms with Crippen LogP contribution in [0.1, 0.15) is 22.0 Å². The first-order valence-corrected chi connectivity index (χ1v) is 11.0. The van der Waals surface area contributed by atoms with Crippen LogP contribution < -0.4 is 10.1 Å². The van der Waals surface area contributed by atoms with Crippen molar-refractivity contribution in [1.29, 1.82) is 0 Å². The number of nitro benzene ring substituents is 1. The molecule has 0 spiro atoms. The fraction of sp³-hybridized carbons (Fsp3) is 0.174. The molecule has 0 saturated carbocycles. The van der Waals surface area contributed by atoms with Crippen LogP contribution in [0.3, 0.4) is 0 Å². The summed E-state index contributed by atoms with van der Waals surface area (Å²) in [7, 11) is 0. The van der Waals surface area contributed by atoms with Crippen molar-refractivity contribution >= 4 is 28.7 Å². The minimum absolute atomic E-state index is 0.0149. The summed E-state index contributed by atoms with van der Waals surface area (Å²) in [4.78, 5) is 27.5. The molecule has 2 heterocycles. The van der Waals surface area contributed by atoms with Gasteiger partial charge in [0, 0.05) is 23.6 Å². The zero-order valence-corrected chi connectivity index (χ0v) is 18.8. The van der Waals surface area contributed by atoms with Crippen molar-refractivity contribution in [2.75, 3.05) is 5.32 Å². The molecule has 0 aliphatic heterocycles. The number of hydrogen-bond donors (Lipinski definition) is 1. The van der Waals surface area contributed by atoms with Gasteiger partial charge in [-0.1, -0.05) is 17.7 Å². The Bertz CT molecular complexity index is 1280. The fourth-order valence-corrected chi connectivity index (χ4v) is 3.83. The smallest absolute Gasteiger partial charge is 0.269 e. The highest BCUT2D eigenvalue weighted by atomic mass is 32.1. The second-order valence-corrected chi connectivity index (χ2v) is 8.36. The second kappa shape index (κ2) is 9.61. The number of hydrogen-bond acceptors (Lipinski definition) is 7. The van der Waals surface area contributed by atoms with Crippen LogP contribution in [0, 0.1) is 24.0 Å². The van der Waals surface area contributed by atoms with Gasteiger partial charge in [-0.15, -0.1) is 11.3 Å². The summed E-state index contributed by atoms with van der Waals surface area (Å²) in [5, 5.41) is 20.7.